The van der Waals surface area contributed by atoms with Crippen molar-refractivity contribution in [3.8, 4) is 0 Å². The van der Waals surface area contributed by atoms with Crippen molar-refractivity contribution in [2.24, 2.45) is 10.9 Å². The van der Waals surface area contributed by atoms with E-state index >= 15 is 0 Å². The third kappa shape index (κ3) is 3.57. The average molecular weight is 112 g/mol. The topological polar surface area (TPSA) is 36.2 Å². The van der Waals surface area contributed by atoms with Crippen LogP contribution in [0.5, 0.6) is 0 Å². The summed E-state index contributed by atoms with van der Waals surface area (Å²) in [6.45, 7) is 4.98. The van der Waals surface area contributed by atoms with Crippen molar-refractivity contribution in [1.82, 2.24) is 0 Å². The predicted octanol–water partition coefficient (Wildman–Crippen LogP) is 1.79. The van der Waals surface area contributed by atoms with E-state index in [0.29, 0.717) is 5.92 Å². The largest absolute Gasteiger partial charge is 0.242 e. The summed E-state index contributed by atoms with van der Waals surface area (Å²) in [6, 6.07) is 2.01. The second-order valence-corrected chi connectivity index (χ2v) is 1.97. The highest BCUT2D eigenvalue weighted by Gasteiger charge is 1.92. The Balaban J connectivity index is 3.23. The molecule has 0 aromatic heterocycles. The van der Waals surface area contributed by atoms with Crippen molar-refractivity contribution in [2.45, 2.75) is 20.3 Å². The highest BCUT2D eigenvalue weighted by atomic mass is 14.7. The number of hydrogen-bond acceptors (Lipinski definition) is 2. The SMILES string of the molecule is CCC(C)CN=C=N. The highest BCUT2D eigenvalue weighted by Crippen LogP contribution is 1.98. The molecule has 0 rings (SSSR count). The van der Waals surface area contributed by atoms with Gasteiger partial charge in [-0.15, -0.1) is 0 Å². The lowest BCUT2D eigenvalue weighted by Crippen LogP contribution is -1.95. The predicted molar refractivity (Wildman–Crippen MR) is 34.5 cm³/mol. The Morgan fingerprint density at radius 2 is 2.38 bits per heavy atom. The van der Waals surface area contributed by atoms with Gasteiger partial charge < -0.3 is 0 Å². The Kier molecular flexibility index (Phi) is 4.19. The minimum Gasteiger partial charge on any atom is -0.242 e. The minimum atomic E-state index is 0.604. The van der Waals surface area contributed by atoms with E-state index < -0.39 is 0 Å². The highest BCUT2D eigenvalue weighted by molar-refractivity contribution is 5.35. The summed E-state index contributed by atoms with van der Waals surface area (Å²) in [7, 11) is 0. The first kappa shape index (κ1) is 7.38. The maximum Gasteiger partial charge on any atom is 0.0862 e. The molecule has 0 saturated heterocycles. The van der Waals surface area contributed by atoms with Crippen LogP contribution in [-0.2, 0) is 0 Å². The minimum absolute atomic E-state index is 0.604. The van der Waals surface area contributed by atoms with Gasteiger partial charge in [-0.05, 0) is 5.92 Å². The van der Waals surface area contributed by atoms with Crippen LogP contribution in [0.3, 0.4) is 0 Å². The Hall–Kier alpha value is -0.620. The molecule has 0 radical (unpaired) electrons. The first-order chi connectivity index (χ1) is 3.81. The summed E-state index contributed by atoms with van der Waals surface area (Å²) >= 11 is 0. The van der Waals surface area contributed by atoms with Crippen LogP contribution >= 0.6 is 0 Å². The lowest BCUT2D eigenvalue weighted by molar-refractivity contribution is 0.578. The lowest BCUT2D eigenvalue weighted by Gasteiger charge is -1.98. The monoisotopic (exact) mass is 112 g/mol. The van der Waals surface area contributed by atoms with E-state index in [2.05, 4.69) is 18.8 Å². The molecule has 0 bridgehead atoms. The number of nitrogens with zero attached hydrogens (tertiary/aromatic N) is 1. The summed E-state index contributed by atoms with van der Waals surface area (Å²) in [5.41, 5.74) is 0. The summed E-state index contributed by atoms with van der Waals surface area (Å²) < 4.78 is 0. The van der Waals surface area contributed by atoms with E-state index in [-0.39, 0.29) is 0 Å². The Morgan fingerprint density at radius 3 is 2.75 bits per heavy atom. The van der Waals surface area contributed by atoms with Gasteiger partial charge in [0.15, 0.2) is 0 Å². The van der Waals surface area contributed by atoms with Crippen LogP contribution in [0, 0.1) is 11.3 Å². The normalized spacial score (nSPS) is 12.2. The molecular formula is C6H12N2. The van der Waals surface area contributed by atoms with Crippen LogP contribution in [0.4, 0.5) is 0 Å². The molecule has 0 aromatic rings. The van der Waals surface area contributed by atoms with Crippen molar-refractivity contribution in [3.05, 3.63) is 0 Å². The van der Waals surface area contributed by atoms with Crippen LogP contribution < -0.4 is 0 Å². The van der Waals surface area contributed by atoms with Gasteiger partial charge in [-0.2, -0.15) is 0 Å². The first-order valence-electron chi connectivity index (χ1n) is 2.89. The Bertz CT molecular complexity index is 92.7. The zero-order chi connectivity index (χ0) is 6.41. The molecule has 2 nitrogen and oxygen atoms in total. The van der Waals surface area contributed by atoms with Gasteiger partial charge in [0.05, 0.1) is 12.6 Å². The molecule has 46 valence electrons. The van der Waals surface area contributed by atoms with Gasteiger partial charge in [0, 0.05) is 0 Å². The summed E-state index contributed by atoms with van der Waals surface area (Å²) in [5, 5.41) is 6.45. The van der Waals surface area contributed by atoms with E-state index in [4.69, 9.17) is 5.41 Å². The van der Waals surface area contributed by atoms with E-state index in [1.54, 1.807) is 0 Å². The molecule has 0 amide bonds. The van der Waals surface area contributed by atoms with Gasteiger partial charge in [0.1, 0.15) is 0 Å². The molecule has 0 heterocycles. The standard InChI is InChI=1S/C6H12N2/c1-3-6(2)4-8-5-7/h6-7H,3-4H2,1-2H3. The third-order valence-corrected chi connectivity index (χ3v) is 1.18. The fourth-order valence-electron chi connectivity index (χ4n) is 0.331. The maximum atomic E-state index is 6.45. The third-order valence-electron chi connectivity index (χ3n) is 1.18. The van der Waals surface area contributed by atoms with E-state index in [9.17, 15) is 0 Å². The molecule has 0 aliphatic rings. The van der Waals surface area contributed by atoms with Gasteiger partial charge in [0.25, 0.3) is 0 Å². The van der Waals surface area contributed by atoms with Gasteiger partial charge in [-0.1, -0.05) is 20.3 Å². The molecule has 2 heteroatoms. The Morgan fingerprint density at radius 1 is 1.75 bits per heavy atom. The molecule has 0 saturated carbocycles. The van der Waals surface area contributed by atoms with Gasteiger partial charge >= 0.3 is 0 Å². The van der Waals surface area contributed by atoms with Crippen molar-refractivity contribution >= 4 is 6.01 Å². The van der Waals surface area contributed by atoms with Crippen LogP contribution in [0.1, 0.15) is 20.3 Å². The van der Waals surface area contributed by atoms with E-state index in [1.807, 2.05) is 6.01 Å². The second-order valence-electron chi connectivity index (χ2n) is 1.97. The van der Waals surface area contributed by atoms with Gasteiger partial charge in [-0.25, -0.2) is 10.4 Å². The zero-order valence-electron chi connectivity index (χ0n) is 5.44. The smallest absolute Gasteiger partial charge is 0.0862 e. The second kappa shape index (κ2) is 4.54. The molecule has 1 unspecified atom stereocenters. The van der Waals surface area contributed by atoms with E-state index in [1.165, 1.54) is 0 Å². The molecular weight excluding hydrogens is 100 g/mol. The fourth-order valence-corrected chi connectivity index (χ4v) is 0.331. The van der Waals surface area contributed by atoms with Gasteiger partial charge in [-0.3, -0.25) is 0 Å². The summed E-state index contributed by atoms with van der Waals surface area (Å²) in [4.78, 5) is 3.66. The number of rotatable bonds is 3. The van der Waals surface area contributed by atoms with Gasteiger partial charge in [0.2, 0.25) is 0 Å². The zero-order valence-corrected chi connectivity index (χ0v) is 5.44. The molecule has 1 N–H and O–H groups in total. The molecule has 0 aliphatic carbocycles. The van der Waals surface area contributed by atoms with E-state index in [0.717, 1.165) is 13.0 Å². The fraction of sp³-hybridized carbons (Fsp3) is 0.833. The molecule has 8 heavy (non-hydrogen) atoms. The van der Waals surface area contributed by atoms with Crippen molar-refractivity contribution in [2.75, 3.05) is 6.54 Å². The molecule has 0 spiro atoms. The van der Waals surface area contributed by atoms with Crippen LogP contribution in [-0.4, -0.2) is 12.6 Å². The molecule has 1 atom stereocenters. The number of aliphatic imine (C=N–C) groups is 1. The molecule has 0 aromatic carbocycles. The first-order valence-corrected chi connectivity index (χ1v) is 2.89. The maximum absolute atomic E-state index is 6.45. The summed E-state index contributed by atoms with van der Waals surface area (Å²) in [5.74, 6) is 0.604. The van der Waals surface area contributed by atoms with Crippen LogP contribution in [0.25, 0.3) is 0 Å². The van der Waals surface area contributed by atoms with Crippen molar-refractivity contribution < 1.29 is 0 Å². The number of nitrogens with one attached hydrogen (secondary N) is 1. The molecule has 0 aliphatic heterocycles. The van der Waals surface area contributed by atoms with Crippen molar-refractivity contribution in [1.29, 1.82) is 5.41 Å². The Labute approximate surface area is 50.1 Å². The van der Waals surface area contributed by atoms with Crippen LogP contribution in [0.2, 0.25) is 0 Å². The van der Waals surface area contributed by atoms with Crippen LogP contribution in [0.15, 0.2) is 4.99 Å². The number of hydrogen-bond donors (Lipinski definition) is 1. The molecule has 0 fully saturated rings. The average Bonchev–Trinajstić information content (AvgIpc) is 1.83. The quantitative estimate of drug-likeness (QED) is 0.540. The lowest BCUT2D eigenvalue weighted by atomic mass is 10.1. The summed E-state index contributed by atoms with van der Waals surface area (Å²) in [6.07, 6.45) is 1.13. The van der Waals surface area contributed by atoms with Crippen molar-refractivity contribution in [3.63, 3.8) is 0 Å².